The third-order valence-corrected chi connectivity index (χ3v) is 2.86. The van der Waals surface area contributed by atoms with Crippen molar-refractivity contribution in [2.24, 2.45) is 10.8 Å². The minimum Gasteiger partial charge on any atom is -0.495 e. The first-order chi connectivity index (χ1) is 11.1. The number of nitrogens with one attached hydrogen (secondary N) is 2. The number of aryl methyl sites for hydroxylation is 1. The molecule has 9 nitrogen and oxygen atoms in total. The van der Waals surface area contributed by atoms with Crippen molar-refractivity contribution in [2.75, 3.05) is 12.5 Å². The number of methoxy groups -OCH3 is 1. The van der Waals surface area contributed by atoms with Crippen LogP contribution >= 0.6 is 0 Å². The molecule has 1 heterocycles. The zero-order valence-corrected chi connectivity index (χ0v) is 12.6. The Morgan fingerprint density at radius 1 is 1.52 bits per heavy atom. The van der Waals surface area contributed by atoms with E-state index in [-0.39, 0.29) is 5.71 Å². The number of rotatable bonds is 6. The Balaban J connectivity index is 2.36. The van der Waals surface area contributed by atoms with Gasteiger partial charge in [0.1, 0.15) is 11.8 Å². The molecule has 9 heteroatoms. The summed E-state index contributed by atoms with van der Waals surface area (Å²) in [5.74, 6) is 0.962. The van der Waals surface area contributed by atoms with E-state index >= 15 is 0 Å². The first-order valence-electron chi connectivity index (χ1n) is 6.68. The number of nitrogens with zero attached hydrogens (tertiary/aromatic N) is 4. The Morgan fingerprint density at radius 2 is 2.30 bits per heavy atom. The van der Waals surface area contributed by atoms with Gasteiger partial charge in [0.25, 0.3) is 0 Å². The summed E-state index contributed by atoms with van der Waals surface area (Å²) in [6, 6.07) is 6.87. The Labute approximate surface area is 132 Å². The van der Waals surface area contributed by atoms with Crippen LogP contribution in [0.15, 0.2) is 27.7 Å². The van der Waals surface area contributed by atoms with Crippen molar-refractivity contribution in [3.63, 3.8) is 0 Å². The van der Waals surface area contributed by atoms with E-state index in [1.54, 1.807) is 24.3 Å². The molecule has 0 bridgehead atoms. The van der Waals surface area contributed by atoms with Gasteiger partial charge < -0.3 is 14.9 Å². The van der Waals surface area contributed by atoms with Crippen LogP contribution in [0.4, 0.5) is 5.69 Å². The van der Waals surface area contributed by atoms with Gasteiger partial charge in [0.15, 0.2) is 5.84 Å². The number of nitriles is 1. The second-order valence-electron chi connectivity index (χ2n) is 4.37. The highest BCUT2D eigenvalue weighted by Crippen LogP contribution is 2.30. The SMILES string of the molecule is CCc1nnc(-c2ccc(OC)c(N/N=C(\C#N)C(=N)N)c2)o1. The molecule has 0 aliphatic rings. The number of anilines is 1. The zero-order chi connectivity index (χ0) is 16.8. The summed E-state index contributed by atoms with van der Waals surface area (Å²) in [5.41, 5.74) is 8.80. The second-order valence-corrected chi connectivity index (χ2v) is 4.37. The molecule has 0 amide bonds. The lowest BCUT2D eigenvalue weighted by atomic mass is 10.2. The number of hydrogen-bond acceptors (Lipinski definition) is 8. The monoisotopic (exact) mass is 313 g/mol. The molecule has 1 aromatic carbocycles. The predicted molar refractivity (Wildman–Crippen MR) is 84.2 cm³/mol. The van der Waals surface area contributed by atoms with Crippen LogP contribution in [0, 0.1) is 16.7 Å². The van der Waals surface area contributed by atoms with Gasteiger partial charge >= 0.3 is 0 Å². The van der Waals surface area contributed by atoms with Crippen LogP contribution in [-0.2, 0) is 6.42 Å². The van der Waals surface area contributed by atoms with Crippen LogP contribution in [0.2, 0.25) is 0 Å². The quantitative estimate of drug-likeness (QED) is 0.416. The van der Waals surface area contributed by atoms with Gasteiger partial charge in [-0.2, -0.15) is 10.4 Å². The summed E-state index contributed by atoms with van der Waals surface area (Å²) >= 11 is 0. The average molecular weight is 313 g/mol. The minimum atomic E-state index is -0.431. The Morgan fingerprint density at radius 3 is 2.87 bits per heavy atom. The molecule has 0 radical (unpaired) electrons. The molecule has 0 unspecified atom stereocenters. The second kappa shape index (κ2) is 7.04. The van der Waals surface area contributed by atoms with Gasteiger partial charge in [0, 0.05) is 12.0 Å². The van der Waals surface area contributed by atoms with Gasteiger partial charge in [-0.15, -0.1) is 10.2 Å². The standard InChI is InChI=1S/C14H15N7O2/c1-3-12-20-21-14(23-12)8-4-5-11(22-2)9(6-8)18-19-10(7-15)13(16)17/h4-6,18H,3H2,1-2H3,(H3,16,17)/b19-10+. The molecule has 0 atom stereocenters. The van der Waals surface area contributed by atoms with E-state index in [9.17, 15) is 0 Å². The molecule has 2 aromatic rings. The molecular formula is C14H15N7O2. The van der Waals surface area contributed by atoms with Gasteiger partial charge in [-0.25, -0.2) is 0 Å². The molecule has 0 aliphatic heterocycles. The van der Waals surface area contributed by atoms with E-state index < -0.39 is 5.84 Å². The van der Waals surface area contributed by atoms with Crippen molar-refractivity contribution in [2.45, 2.75) is 13.3 Å². The third-order valence-electron chi connectivity index (χ3n) is 2.86. The normalized spacial score (nSPS) is 10.9. The van der Waals surface area contributed by atoms with Crippen molar-refractivity contribution >= 4 is 17.2 Å². The topological polar surface area (TPSA) is 146 Å². The van der Waals surface area contributed by atoms with Crippen molar-refractivity contribution in [1.82, 2.24) is 10.2 Å². The fraction of sp³-hybridized carbons (Fsp3) is 0.214. The molecule has 0 spiro atoms. The third kappa shape index (κ3) is 3.62. The molecule has 2 rings (SSSR count). The number of aromatic nitrogens is 2. The van der Waals surface area contributed by atoms with Crippen molar-refractivity contribution in [3.8, 4) is 23.3 Å². The lowest BCUT2D eigenvalue weighted by Gasteiger charge is -2.09. The van der Waals surface area contributed by atoms with Crippen molar-refractivity contribution in [1.29, 1.82) is 10.7 Å². The first-order valence-corrected chi connectivity index (χ1v) is 6.68. The van der Waals surface area contributed by atoms with Crippen LogP contribution in [-0.4, -0.2) is 28.9 Å². The van der Waals surface area contributed by atoms with Crippen molar-refractivity contribution in [3.05, 3.63) is 24.1 Å². The Kier molecular flexibility index (Phi) is 4.89. The summed E-state index contributed by atoms with van der Waals surface area (Å²) in [6.45, 7) is 1.91. The van der Waals surface area contributed by atoms with Gasteiger partial charge in [-0.1, -0.05) is 6.92 Å². The number of hydrazone groups is 1. The van der Waals surface area contributed by atoms with Crippen molar-refractivity contribution < 1.29 is 9.15 Å². The van der Waals surface area contributed by atoms with Crippen LogP contribution in [0.5, 0.6) is 5.75 Å². The van der Waals surface area contributed by atoms with Crippen LogP contribution in [0.1, 0.15) is 12.8 Å². The maximum Gasteiger partial charge on any atom is 0.247 e. The van der Waals surface area contributed by atoms with Crippen LogP contribution in [0.3, 0.4) is 0 Å². The molecule has 1 aromatic heterocycles. The number of ether oxygens (including phenoxy) is 1. The summed E-state index contributed by atoms with van der Waals surface area (Å²) in [5, 5.41) is 27.8. The summed E-state index contributed by atoms with van der Waals surface area (Å²) in [4.78, 5) is 0. The van der Waals surface area contributed by atoms with Gasteiger partial charge in [0.2, 0.25) is 17.5 Å². The zero-order valence-electron chi connectivity index (χ0n) is 12.6. The number of amidine groups is 1. The van der Waals surface area contributed by atoms with E-state index in [4.69, 9.17) is 25.6 Å². The fourth-order valence-corrected chi connectivity index (χ4v) is 1.70. The molecule has 0 fully saturated rings. The summed E-state index contributed by atoms with van der Waals surface area (Å²) in [7, 11) is 1.50. The molecule has 4 N–H and O–H groups in total. The van der Waals surface area contributed by atoms with E-state index in [0.29, 0.717) is 35.2 Å². The molecule has 23 heavy (non-hydrogen) atoms. The minimum absolute atomic E-state index is 0.233. The van der Waals surface area contributed by atoms with Gasteiger partial charge in [0.05, 0.1) is 12.8 Å². The van der Waals surface area contributed by atoms with Crippen LogP contribution < -0.4 is 15.9 Å². The molecule has 0 saturated heterocycles. The van der Waals surface area contributed by atoms with Gasteiger partial charge in [-0.3, -0.25) is 10.8 Å². The Bertz CT molecular complexity index is 789. The highest BCUT2D eigenvalue weighted by Gasteiger charge is 2.11. The highest BCUT2D eigenvalue weighted by molar-refractivity contribution is 6.45. The van der Waals surface area contributed by atoms with E-state index in [1.807, 2.05) is 6.92 Å². The number of benzene rings is 1. The highest BCUT2D eigenvalue weighted by atomic mass is 16.5. The predicted octanol–water partition coefficient (Wildman–Crippen LogP) is 1.54. The van der Waals surface area contributed by atoms with Gasteiger partial charge in [-0.05, 0) is 18.2 Å². The molecule has 0 aliphatic carbocycles. The average Bonchev–Trinajstić information content (AvgIpc) is 3.04. The molecule has 0 saturated carbocycles. The number of hydrogen-bond donors (Lipinski definition) is 3. The van der Waals surface area contributed by atoms with E-state index in [1.165, 1.54) is 7.11 Å². The van der Waals surface area contributed by atoms with E-state index in [2.05, 4.69) is 20.7 Å². The smallest absolute Gasteiger partial charge is 0.247 e. The molecule has 118 valence electrons. The maximum atomic E-state index is 8.86. The lowest BCUT2D eigenvalue weighted by Crippen LogP contribution is -2.21. The van der Waals surface area contributed by atoms with Crippen LogP contribution in [0.25, 0.3) is 11.5 Å². The summed E-state index contributed by atoms with van der Waals surface area (Å²) in [6.07, 6.45) is 0.642. The largest absolute Gasteiger partial charge is 0.495 e. The molecular weight excluding hydrogens is 298 g/mol. The van der Waals surface area contributed by atoms with E-state index in [0.717, 1.165) is 0 Å². The fourth-order valence-electron chi connectivity index (χ4n) is 1.70. The maximum absolute atomic E-state index is 8.86. The number of nitrogens with two attached hydrogens (primary N) is 1. The summed E-state index contributed by atoms with van der Waals surface area (Å²) < 4.78 is 10.7. The first kappa shape index (κ1) is 16.0. The Hall–Kier alpha value is -3.41. The lowest BCUT2D eigenvalue weighted by molar-refractivity contribution is 0.416.